The molecule has 0 amide bonds. The van der Waals surface area contributed by atoms with Gasteiger partial charge in [0.05, 0.1) is 12.2 Å². The van der Waals surface area contributed by atoms with Crippen molar-refractivity contribution in [1.29, 1.82) is 0 Å². The van der Waals surface area contributed by atoms with Crippen molar-refractivity contribution in [2.75, 3.05) is 0 Å². The molecule has 0 radical (unpaired) electrons. The van der Waals surface area contributed by atoms with Gasteiger partial charge in [0.15, 0.2) is 0 Å². The molecular weight excluding hydrogens is 252 g/mol. The molecule has 3 N–H and O–H groups in total. The summed E-state index contributed by atoms with van der Waals surface area (Å²) >= 11 is 0. The van der Waals surface area contributed by atoms with Crippen LogP contribution in [0.25, 0.3) is 0 Å². The molecule has 20 heavy (non-hydrogen) atoms. The van der Waals surface area contributed by atoms with Gasteiger partial charge in [0, 0.05) is 0 Å². The molecule has 3 aliphatic carbocycles. The maximum atomic E-state index is 10.1. The van der Waals surface area contributed by atoms with E-state index in [0.717, 1.165) is 32.1 Å². The van der Waals surface area contributed by atoms with Crippen molar-refractivity contribution in [1.82, 2.24) is 0 Å². The summed E-state index contributed by atoms with van der Waals surface area (Å²) in [5.74, 6) is 2.28. The third-order valence-corrected chi connectivity index (χ3v) is 6.05. The summed E-state index contributed by atoms with van der Waals surface area (Å²) in [7, 11) is 0. The lowest BCUT2D eigenvalue weighted by Crippen LogP contribution is -2.37. The standard InChI is InChI=1S/C17H22O3/c18-10-2-4-11-9(7-10)1-3-13-12(11)5-6-14-15(13)8-16(19)17(14)20/h2,4,7,12-20H,1,3,5-6,8H2. The van der Waals surface area contributed by atoms with Gasteiger partial charge in [-0.05, 0) is 79.0 Å². The van der Waals surface area contributed by atoms with Crippen LogP contribution in [0.1, 0.15) is 42.7 Å². The van der Waals surface area contributed by atoms with Gasteiger partial charge in [0.25, 0.3) is 0 Å². The summed E-state index contributed by atoms with van der Waals surface area (Å²) in [5, 5.41) is 29.7. The van der Waals surface area contributed by atoms with E-state index in [9.17, 15) is 15.3 Å². The topological polar surface area (TPSA) is 60.7 Å². The second-order valence-corrected chi connectivity index (χ2v) is 6.89. The first-order valence-electron chi connectivity index (χ1n) is 7.83. The van der Waals surface area contributed by atoms with Crippen molar-refractivity contribution in [2.24, 2.45) is 17.8 Å². The second-order valence-electron chi connectivity index (χ2n) is 6.89. The molecule has 1 aromatic rings. The predicted molar refractivity (Wildman–Crippen MR) is 75.5 cm³/mol. The normalized spacial score (nSPS) is 42.7. The number of hydrogen-bond acceptors (Lipinski definition) is 3. The highest BCUT2D eigenvalue weighted by Crippen LogP contribution is 2.55. The predicted octanol–water partition coefficient (Wildman–Crippen LogP) is 2.19. The van der Waals surface area contributed by atoms with E-state index >= 15 is 0 Å². The first-order valence-corrected chi connectivity index (χ1v) is 7.83. The van der Waals surface area contributed by atoms with Gasteiger partial charge in [-0.3, -0.25) is 0 Å². The Bertz CT molecular complexity index is 527. The van der Waals surface area contributed by atoms with Crippen molar-refractivity contribution < 1.29 is 15.3 Å². The number of aryl methyl sites for hydroxylation is 1. The minimum atomic E-state index is -0.523. The Labute approximate surface area is 119 Å². The van der Waals surface area contributed by atoms with E-state index in [1.165, 1.54) is 11.1 Å². The molecule has 4 rings (SSSR count). The molecule has 2 fully saturated rings. The van der Waals surface area contributed by atoms with E-state index in [1.54, 1.807) is 6.07 Å². The lowest BCUT2D eigenvalue weighted by molar-refractivity contribution is 0.00656. The highest BCUT2D eigenvalue weighted by atomic mass is 16.3. The number of rotatable bonds is 0. The fourth-order valence-corrected chi connectivity index (χ4v) is 5.19. The number of hydrogen-bond donors (Lipinski definition) is 3. The van der Waals surface area contributed by atoms with Crippen LogP contribution in [0.2, 0.25) is 0 Å². The van der Waals surface area contributed by atoms with Gasteiger partial charge in [-0.2, -0.15) is 0 Å². The van der Waals surface area contributed by atoms with E-state index in [-0.39, 0.29) is 0 Å². The number of aromatic hydroxyl groups is 1. The van der Waals surface area contributed by atoms with Gasteiger partial charge in [0.1, 0.15) is 5.75 Å². The first kappa shape index (κ1) is 12.7. The largest absolute Gasteiger partial charge is 0.508 e. The van der Waals surface area contributed by atoms with Crippen LogP contribution in [0.5, 0.6) is 5.75 Å². The molecule has 3 aliphatic rings. The molecule has 0 aromatic heterocycles. The SMILES string of the molecule is Oc1ccc2c(c1)CCC1C2CCC2C(O)C(O)CC12. The van der Waals surface area contributed by atoms with E-state index in [1.807, 2.05) is 6.07 Å². The highest BCUT2D eigenvalue weighted by molar-refractivity contribution is 5.39. The van der Waals surface area contributed by atoms with Crippen molar-refractivity contribution in [2.45, 2.75) is 50.2 Å². The molecular formula is C17H22O3. The lowest BCUT2D eigenvalue weighted by Gasteiger charge is -2.44. The van der Waals surface area contributed by atoms with Crippen molar-refractivity contribution in [3.8, 4) is 5.75 Å². The summed E-state index contributed by atoms with van der Waals surface area (Å²) in [5.41, 5.74) is 2.69. The summed E-state index contributed by atoms with van der Waals surface area (Å²) in [6.07, 6.45) is 3.99. The Kier molecular flexibility index (Phi) is 2.83. The number of aliphatic hydroxyl groups excluding tert-OH is 2. The van der Waals surface area contributed by atoms with Crippen molar-refractivity contribution in [3.63, 3.8) is 0 Å². The summed E-state index contributed by atoms with van der Waals surface area (Å²) in [4.78, 5) is 0. The first-order chi connectivity index (χ1) is 9.65. The molecule has 2 saturated carbocycles. The molecule has 6 unspecified atom stereocenters. The summed E-state index contributed by atoms with van der Waals surface area (Å²) in [6, 6.07) is 5.80. The molecule has 1 aromatic carbocycles. The lowest BCUT2D eigenvalue weighted by atomic mass is 9.61. The molecule has 3 heteroatoms. The number of fused-ring (bicyclic) bond motifs is 5. The zero-order valence-corrected chi connectivity index (χ0v) is 11.6. The number of aliphatic hydroxyl groups is 2. The average Bonchev–Trinajstić information content (AvgIpc) is 2.74. The maximum Gasteiger partial charge on any atom is 0.115 e. The van der Waals surface area contributed by atoms with E-state index < -0.39 is 12.2 Å². The van der Waals surface area contributed by atoms with Crippen LogP contribution in [0.15, 0.2) is 18.2 Å². The van der Waals surface area contributed by atoms with Crippen LogP contribution in [-0.4, -0.2) is 27.5 Å². The van der Waals surface area contributed by atoms with Crippen molar-refractivity contribution in [3.05, 3.63) is 29.3 Å². The van der Waals surface area contributed by atoms with Crippen molar-refractivity contribution >= 4 is 0 Å². The van der Waals surface area contributed by atoms with Crippen LogP contribution in [0.4, 0.5) is 0 Å². The van der Waals surface area contributed by atoms with E-state index in [2.05, 4.69) is 6.07 Å². The number of phenols is 1. The fraction of sp³-hybridized carbons (Fsp3) is 0.647. The zero-order chi connectivity index (χ0) is 13.9. The van der Waals surface area contributed by atoms with E-state index in [0.29, 0.717) is 29.4 Å². The number of benzene rings is 1. The monoisotopic (exact) mass is 274 g/mol. The minimum absolute atomic E-state index is 0.296. The molecule has 0 saturated heterocycles. The Morgan fingerprint density at radius 2 is 1.80 bits per heavy atom. The van der Waals surface area contributed by atoms with Gasteiger partial charge in [-0.15, -0.1) is 0 Å². The van der Waals surface area contributed by atoms with Gasteiger partial charge >= 0.3 is 0 Å². The van der Waals surface area contributed by atoms with Crippen LogP contribution < -0.4 is 0 Å². The zero-order valence-electron chi connectivity index (χ0n) is 11.6. The Morgan fingerprint density at radius 3 is 2.65 bits per heavy atom. The molecule has 0 bridgehead atoms. The second kappa shape index (κ2) is 4.47. The van der Waals surface area contributed by atoms with Gasteiger partial charge < -0.3 is 15.3 Å². The van der Waals surface area contributed by atoms with E-state index in [4.69, 9.17) is 0 Å². The smallest absolute Gasteiger partial charge is 0.115 e. The molecule has 0 spiro atoms. The third-order valence-electron chi connectivity index (χ3n) is 6.05. The molecule has 108 valence electrons. The summed E-state index contributed by atoms with van der Waals surface area (Å²) in [6.45, 7) is 0. The van der Waals surface area contributed by atoms with Gasteiger partial charge in [-0.1, -0.05) is 6.07 Å². The van der Waals surface area contributed by atoms with Crippen LogP contribution in [0.3, 0.4) is 0 Å². The molecule has 3 nitrogen and oxygen atoms in total. The fourth-order valence-electron chi connectivity index (χ4n) is 5.19. The summed E-state index contributed by atoms with van der Waals surface area (Å²) < 4.78 is 0. The van der Waals surface area contributed by atoms with Gasteiger partial charge in [0.2, 0.25) is 0 Å². The Morgan fingerprint density at radius 1 is 0.950 bits per heavy atom. The van der Waals surface area contributed by atoms with Crippen LogP contribution >= 0.6 is 0 Å². The molecule has 0 aliphatic heterocycles. The Balaban J connectivity index is 1.67. The van der Waals surface area contributed by atoms with Crippen LogP contribution in [0, 0.1) is 17.8 Å². The minimum Gasteiger partial charge on any atom is -0.508 e. The highest BCUT2D eigenvalue weighted by Gasteiger charge is 2.50. The third kappa shape index (κ3) is 1.73. The molecule has 0 heterocycles. The quantitative estimate of drug-likeness (QED) is 0.679. The Hall–Kier alpha value is -1.06. The van der Waals surface area contributed by atoms with Gasteiger partial charge in [-0.25, -0.2) is 0 Å². The molecule has 6 atom stereocenters. The maximum absolute atomic E-state index is 10.1. The van der Waals surface area contributed by atoms with Crippen LogP contribution in [-0.2, 0) is 6.42 Å². The number of phenolic OH excluding ortho intramolecular Hbond substituents is 1. The average molecular weight is 274 g/mol.